The molecule has 3 rings (SSSR count). The standard InChI is InChI=1S/C16H11BrN2O2Se/c17-13-5-1-11(2-6-13)9-16-18-15(10-22-16)12-3-7-14(8-4-12)19(20)21/h1-8,10H,9H2. The molecule has 0 radical (unpaired) electrons. The summed E-state index contributed by atoms with van der Waals surface area (Å²) < 4.78 is 2.24. The van der Waals surface area contributed by atoms with Crippen molar-refractivity contribution in [1.29, 1.82) is 0 Å². The van der Waals surface area contributed by atoms with Crippen molar-refractivity contribution in [1.82, 2.24) is 4.98 Å². The molecule has 0 aliphatic heterocycles. The van der Waals surface area contributed by atoms with Gasteiger partial charge in [0.15, 0.2) is 0 Å². The molecule has 22 heavy (non-hydrogen) atoms. The summed E-state index contributed by atoms with van der Waals surface area (Å²) in [6, 6.07) is 14.8. The molecule has 0 amide bonds. The third-order valence-corrected chi connectivity index (χ3v) is 5.50. The van der Waals surface area contributed by atoms with Crippen LogP contribution in [0.1, 0.15) is 10.1 Å². The quantitative estimate of drug-likeness (QED) is 0.362. The molecule has 6 heteroatoms. The molecule has 0 aliphatic carbocycles. The summed E-state index contributed by atoms with van der Waals surface area (Å²) in [5, 5.41) is 10.7. The van der Waals surface area contributed by atoms with Gasteiger partial charge in [-0.25, -0.2) is 0 Å². The summed E-state index contributed by atoms with van der Waals surface area (Å²) in [7, 11) is 0. The van der Waals surface area contributed by atoms with E-state index in [1.165, 1.54) is 22.3 Å². The predicted molar refractivity (Wildman–Crippen MR) is 90.2 cm³/mol. The van der Waals surface area contributed by atoms with Crippen LogP contribution in [0.25, 0.3) is 11.3 Å². The zero-order valence-corrected chi connectivity index (χ0v) is 14.7. The predicted octanol–water partition coefficient (Wildman–Crippen LogP) is 4.07. The van der Waals surface area contributed by atoms with Crippen molar-refractivity contribution < 1.29 is 4.92 Å². The average molecular weight is 422 g/mol. The maximum atomic E-state index is 10.7. The van der Waals surface area contributed by atoms with E-state index in [1.54, 1.807) is 12.1 Å². The maximum absolute atomic E-state index is 10.7. The van der Waals surface area contributed by atoms with E-state index in [0.29, 0.717) is 0 Å². The summed E-state index contributed by atoms with van der Waals surface area (Å²) in [5.41, 5.74) is 3.19. The van der Waals surface area contributed by atoms with Crippen LogP contribution in [0.2, 0.25) is 0 Å². The van der Waals surface area contributed by atoms with Crippen LogP contribution in [-0.2, 0) is 6.42 Å². The van der Waals surface area contributed by atoms with Gasteiger partial charge in [0.1, 0.15) is 0 Å². The number of nitro benzene ring substituents is 1. The third kappa shape index (κ3) is 3.52. The molecule has 0 fully saturated rings. The molecule has 1 heterocycles. The number of aromatic nitrogens is 1. The van der Waals surface area contributed by atoms with Gasteiger partial charge in [0.2, 0.25) is 0 Å². The molecule has 0 atom stereocenters. The molecule has 0 aliphatic rings. The number of benzene rings is 2. The number of non-ortho nitro benzene ring substituents is 1. The second-order valence-corrected chi connectivity index (χ2v) is 7.63. The van der Waals surface area contributed by atoms with Crippen molar-refractivity contribution in [3.63, 3.8) is 0 Å². The van der Waals surface area contributed by atoms with E-state index in [9.17, 15) is 10.1 Å². The zero-order valence-electron chi connectivity index (χ0n) is 11.4. The fourth-order valence-corrected chi connectivity index (χ4v) is 4.08. The monoisotopic (exact) mass is 422 g/mol. The molecule has 0 spiro atoms. The first-order valence-corrected chi connectivity index (χ1v) is 9.19. The number of rotatable bonds is 4. The fourth-order valence-electron chi connectivity index (χ4n) is 2.06. The van der Waals surface area contributed by atoms with Crippen LogP contribution in [-0.4, -0.2) is 24.4 Å². The van der Waals surface area contributed by atoms with Gasteiger partial charge in [-0.1, -0.05) is 0 Å². The van der Waals surface area contributed by atoms with Crippen LogP contribution in [0.15, 0.2) is 57.9 Å². The first kappa shape index (κ1) is 15.2. The van der Waals surface area contributed by atoms with Crippen molar-refractivity contribution in [3.8, 4) is 11.3 Å². The Morgan fingerprint density at radius 2 is 1.77 bits per heavy atom. The molecule has 0 unspecified atom stereocenters. The summed E-state index contributed by atoms with van der Waals surface area (Å²) >= 11 is 3.67. The molecular formula is C16H11BrN2O2Se. The second-order valence-electron chi connectivity index (χ2n) is 4.73. The third-order valence-electron chi connectivity index (χ3n) is 3.19. The van der Waals surface area contributed by atoms with Crippen molar-refractivity contribution in [2.24, 2.45) is 0 Å². The van der Waals surface area contributed by atoms with Crippen LogP contribution in [0.4, 0.5) is 5.69 Å². The van der Waals surface area contributed by atoms with Crippen molar-refractivity contribution >= 4 is 36.1 Å². The molecule has 3 aromatic rings. The van der Waals surface area contributed by atoms with Gasteiger partial charge in [0.05, 0.1) is 0 Å². The summed E-state index contributed by atoms with van der Waals surface area (Å²) in [6.45, 7) is 0. The van der Waals surface area contributed by atoms with Crippen molar-refractivity contribution in [2.75, 3.05) is 0 Å². The Bertz CT molecular complexity index is 798. The van der Waals surface area contributed by atoms with Gasteiger partial charge in [0, 0.05) is 0 Å². The zero-order chi connectivity index (χ0) is 15.5. The first-order valence-electron chi connectivity index (χ1n) is 6.55. The molecule has 0 bridgehead atoms. The van der Waals surface area contributed by atoms with Gasteiger partial charge >= 0.3 is 142 Å². The van der Waals surface area contributed by atoms with E-state index in [2.05, 4.69) is 38.0 Å². The van der Waals surface area contributed by atoms with E-state index in [-0.39, 0.29) is 25.1 Å². The minimum absolute atomic E-state index is 0.104. The molecule has 1 aromatic heterocycles. The molecule has 2 aromatic carbocycles. The Morgan fingerprint density at radius 1 is 1.09 bits per heavy atom. The Labute approximate surface area is 141 Å². The molecule has 0 saturated carbocycles. The molecule has 0 N–H and O–H groups in total. The van der Waals surface area contributed by atoms with Crippen LogP contribution < -0.4 is 0 Å². The molecule has 4 nitrogen and oxygen atoms in total. The van der Waals surface area contributed by atoms with Crippen LogP contribution in [0.5, 0.6) is 0 Å². The van der Waals surface area contributed by atoms with Crippen molar-refractivity contribution in [3.05, 3.63) is 78.2 Å². The Morgan fingerprint density at radius 3 is 2.41 bits per heavy atom. The van der Waals surface area contributed by atoms with Crippen LogP contribution in [0.3, 0.4) is 0 Å². The van der Waals surface area contributed by atoms with Crippen LogP contribution >= 0.6 is 15.9 Å². The summed E-state index contributed by atoms with van der Waals surface area (Å²) in [6.07, 6.45) is 0.847. The van der Waals surface area contributed by atoms with Gasteiger partial charge in [0.25, 0.3) is 0 Å². The number of hydrogen-bond acceptors (Lipinski definition) is 3. The Hall–Kier alpha value is -1.75. The minimum atomic E-state index is -0.390. The van der Waals surface area contributed by atoms with E-state index >= 15 is 0 Å². The van der Waals surface area contributed by atoms with Crippen molar-refractivity contribution in [2.45, 2.75) is 6.42 Å². The second kappa shape index (κ2) is 6.56. The number of nitrogens with zero attached hydrogens (tertiary/aromatic N) is 2. The van der Waals surface area contributed by atoms with E-state index in [1.807, 2.05) is 12.1 Å². The number of hydrogen-bond donors (Lipinski definition) is 0. The molecule has 0 saturated heterocycles. The Balaban J connectivity index is 1.78. The van der Waals surface area contributed by atoms with Gasteiger partial charge in [-0.3, -0.25) is 0 Å². The molecule has 110 valence electrons. The van der Waals surface area contributed by atoms with Gasteiger partial charge in [-0.05, 0) is 0 Å². The van der Waals surface area contributed by atoms with Gasteiger partial charge in [-0.2, -0.15) is 0 Å². The number of nitro groups is 1. The van der Waals surface area contributed by atoms with E-state index < -0.39 is 0 Å². The summed E-state index contributed by atoms with van der Waals surface area (Å²) in [5.74, 6) is 0. The van der Waals surface area contributed by atoms with E-state index in [4.69, 9.17) is 0 Å². The van der Waals surface area contributed by atoms with Crippen LogP contribution in [0, 0.1) is 10.1 Å². The topological polar surface area (TPSA) is 56.0 Å². The molecular weight excluding hydrogens is 411 g/mol. The number of halogens is 1. The first-order chi connectivity index (χ1) is 10.6. The van der Waals surface area contributed by atoms with E-state index in [0.717, 1.165) is 22.2 Å². The fraction of sp³-hybridized carbons (Fsp3) is 0.0625. The SMILES string of the molecule is O=[N+]([O-])c1ccc(-c2c[se]c(Cc3ccc(Br)cc3)n2)cc1. The van der Waals surface area contributed by atoms with Gasteiger partial charge in [-0.15, -0.1) is 0 Å². The Kier molecular flexibility index (Phi) is 4.52. The normalized spacial score (nSPS) is 10.6. The van der Waals surface area contributed by atoms with Gasteiger partial charge < -0.3 is 0 Å². The summed E-state index contributed by atoms with van der Waals surface area (Å²) in [4.78, 5) is 17.1. The average Bonchev–Trinajstić information content (AvgIpc) is 2.98.